The average molecular weight is 417 g/mol. The Bertz CT molecular complexity index is 897. The van der Waals surface area contributed by atoms with E-state index in [1.165, 1.54) is 25.7 Å². The maximum absolute atomic E-state index is 13.2. The fraction of sp³-hybridized carbons (Fsp3) is 0.696. The summed E-state index contributed by atoms with van der Waals surface area (Å²) in [5.41, 5.74) is 0.939. The highest BCUT2D eigenvalue weighted by molar-refractivity contribution is 7.89. The minimum atomic E-state index is -3.44. The lowest BCUT2D eigenvalue weighted by molar-refractivity contribution is -0.138. The Balaban J connectivity index is 1.20. The number of fused-ring (bicyclic) bond motifs is 2. The number of amides is 1. The number of benzene rings is 1. The van der Waals surface area contributed by atoms with Crippen molar-refractivity contribution in [2.45, 2.75) is 56.8 Å². The van der Waals surface area contributed by atoms with Crippen molar-refractivity contribution in [3.05, 3.63) is 29.8 Å². The summed E-state index contributed by atoms with van der Waals surface area (Å²) in [6, 6.07) is 7.06. The third-order valence-corrected chi connectivity index (χ3v) is 10.1. The molecular weight excluding hydrogens is 384 g/mol. The van der Waals surface area contributed by atoms with Crippen LogP contribution in [0.2, 0.25) is 0 Å². The van der Waals surface area contributed by atoms with Gasteiger partial charge in [-0.25, -0.2) is 8.42 Å². The minimum absolute atomic E-state index is 0.113. The van der Waals surface area contributed by atoms with E-state index in [4.69, 9.17) is 0 Å². The van der Waals surface area contributed by atoms with E-state index in [-0.39, 0.29) is 17.2 Å². The number of carbonyl (C=O) groups excluding carboxylic acids is 1. The van der Waals surface area contributed by atoms with E-state index in [1.807, 2.05) is 19.1 Å². The van der Waals surface area contributed by atoms with Crippen molar-refractivity contribution in [1.82, 2.24) is 9.62 Å². The predicted octanol–water partition coefficient (Wildman–Crippen LogP) is 3.34. The Labute approximate surface area is 174 Å². The van der Waals surface area contributed by atoms with E-state index in [9.17, 15) is 13.2 Å². The lowest BCUT2D eigenvalue weighted by atomic mass is 9.61. The van der Waals surface area contributed by atoms with Gasteiger partial charge in [-0.05, 0) is 81.3 Å². The summed E-state index contributed by atoms with van der Waals surface area (Å²) < 4.78 is 27.4. The molecule has 6 heteroatoms. The van der Waals surface area contributed by atoms with Gasteiger partial charge in [0.05, 0.1) is 10.3 Å². The fourth-order valence-corrected chi connectivity index (χ4v) is 8.30. The van der Waals surface area contributed by atoms with Crippen LogP contribution in [-0.4, -0.2) is 38.3 Å². The average Bonchev–Trinajstić information content (AvgIpc) is 3.23. The Hall–Kier alpha value is -1.40. The first-order valence-electron chi connectivity index (χ1n) is 11.2. The molecular formula is C23H32N2O3S. The van der Waals surface area contributed by atoms with Crippen molar-refractivity contribution in [2.75, 3.05) is 19.6 Å². The van der Waals surface area contributed by atoms with Crippen molar-refractivity contribution in [3.63, 3.8) is 0 Å². The maximum Gasteiger partial charge on any atom is 0.243 e. The van der Waals surface area contributed by atoms with Gasteiger partial charge in [0.25, 0.3) is 0 Å². The van der Waals surface area contributed by atoms with Gasteiger partial charge in [0.2, 0.25) is 15.9 Å². The van der Waals surface area contributed by atoms with Gasteiger partial charge in [-0.2, -0.15) is 4.31 Å². The van der Waals surface area contributed by atoms with E-state index in [0.717, 1.165) is 36.7 Å². The monoisotopic (exact) mass is 416 g/mol. The third-order valence-electron chi connectivity index (χ3n) is 8.21. The van der Waals surface area contributed by atoms with Gasteiger partial charge < -0.3 is 5.32 Å². The molecule has 1 heterocycles. The summed E-state index contributed by atoms with van der Waals surface area (Å²) in [6.45, 7) is 3.59. The molecule has 1 saturated heterocycles. The number of hydrogen-bond acceptors (Lipinski definition) is 3. The van der Waals surface area contributed by atoms with Gasteiger partial charge >= 0.3 is 0 Å². The number of hydrogen-bond donors (Lipinski definition) is 1. The van der Waals surface area contributed by atoms with Gasteiger partial charge in [0.1, 0.15) is 0 Å². The minimum Gasteiger partial charge on any atom is -0.355 e. The third kappa shape index (κ3) is 3.32. The summed E-state index contributed by atoms with van der Waals surface area (Å²) in [5, 5.41) is 3.26. The van der Waals surface area contributed by atoms with E-state index >= 15 is 0 Å². The molecule has 1 amide bonds. The van der Waals surface area contributed by atoms with Gasteiger partial charge in [0, 0.05) is 19.6 Å². The standard InChI is InChI=1S/C23H32N2O3S/c1-16-2-6-21(7-3-16)29(27,28)25-9-8-18(15-25)14-24-22(26)23-12-17-4-5-20(23)11-19(10-17)13-23/h2-3,6-7,17-20H,4-5,8-15H2,1H3,(H,24,26)/t17-,18?,19+,20+,23?/m1/s1. The molecule has 29 heavy (non-hydrogen) atoms. The number of rotatable bonds is 5. The molecule has 0 spiro atoms. The molecule has 4 aliphatic rings. The first kappa shape index (κ1) is 19.6. The zero-order valence-electron chi connectivity index (χ0n) is 17.3. The molecule has 5 rings (SSSR count). The molecule has 3 saturated carbocycles. The van der Waals surface area contributed by atoms with Crippen LogP contribution in [0.5, 0.6) is 0 Å². The van der Waals surface area contributed by atoms with Crippen molar-refractivity contribution in [2.24, 2.45) is 29.1 Å². The Kier molecular flexibility index (Phi) is 4.78. The fourth-order valence-electron chi connectivity index (χ4n) is 6.77. The molecule has 0 radical (unpaired) electrons. The van der Waals surface area contributed by atoms with Crippen LogP contribution in [-0.2, 0) is 14.8 Å². The number of nitrogens with one attached hydrogen (secondary N) is 1. The molecule has 1 aliphatic heterocycles. The molecule has 1 aromatic carbocycles. The molecule has 4 fully saturated rings. The molecule has 1 N–H and O–H groups in total. The lowest BCUT2D eigenvalue weighted by Gasteiger charge is -2.44. The SMILES string of the molecule is Cc1ccc(S(=O)(=O)N2CCC(CNC(=O)C34C[C@@H]5CC[C@H]3C[C@H](C5)C4)C2)cc1. The highest BCUT2D eigenvalue weighted by atomic mass is 32.2. The number of sulfonamides is 1. The van der Waals surface area contributed by atoms with Crippen LogP contribution in [0.25, 0.3) is 0 Å². The van der Waals surface area contributed by atoms with Crippen molar-refractivity contribution in [3.8, 4) is 0 Å². The van der Waals surface area contributed by atoms with Crippen LogP contribution in [0, 0.1) is 36.0 Å². The van der Waals surface area contributed by atoms with E-state index in [0.29, 0.717) is 30.4 Å². The van der Waals surface area contributed by atoms with Crippen LogP contribution in [0.1, 0.15) is 50.5 Å². The number of nitrogens with zero attached hydrogens (tertiary/aromatic N) is 1. The van der Waals surface area contributed by atoms with Crippen molar-refractivity contribution >= 4 is 15.9 Å². The molecule has 3 aliphatic carbocycles. The largest absolute Gasteiger partial charge is 0.355 e. The molecule has 3 bridgehead atoms. The molecule has 2 unspecified atom stereocenters. The highest BCUT2D eigenvalue weighted by Gasteiger charge is 2.58. The second-order valence-corrected chi connectivity index (χ2v) is 12.0. The van der Waals surface area contributed by atoms with Gasteiger partial charge in [-0.1, -0.05) is 24.1 Å². The zero-order chi connectivity index (χ0) is 20.2. The summed E-state index contributed by atoms with van der Waals surface area (Å²) in [5.74, 6) is 2.55. The summed E-state index contributed by atoms with van der Waals surface area (Å²) in [7, 11) is -3.44. The van der Waals surface area contributed by atoms with Gasteiger partial charge in [0.15, 0.2) is 0 Å². The number of carbonyl (C=O) groups is 1. The van der Waals surface area contributed by atoms with Crippen LogP contribution < -0.4 is 5.32 Å². The summed E-state index contributed by atoms with van der Waals surface area (Å²) in [6.07, 6.45) is 8.09. The van der Waals surface area contributed by atoms with E-state index in [1.54, 1.807) is 16.4 Å². The van der Waals surface area contributed by atoms with Crippen LogP contribution in [0.15, 0.2) is 29.2 Å². The van der Waals surface area contributed by atoms with Crippen LogP contribution in [0.3, 0.4) is 0 Å². The zero-order valence-corrected chi connectivity index (χ0v) is 18.1. The maximum atomic E-state index is 13.2. The summed E-state index contributed by atoms with van der Waals surface area (Å²) >= 11 is 0. The van der Waals surface area contributed by atoms with Crippen molar-refractivity contribution < 1.29 is 13.2 Å². The Morgan fingerprint density at radius 2 is 1.86 bits per heavy atom. The second-order valence-electron chi connectivity index (χ2n) is 10.1. The normalized spacial score (nSPS) is 36.4. The van der Waals surface area contributed by atoms with E-state index < -0.39 is 10.0 Å². The van der Waals surface area contributed by atoms with Crippen LogP contribution >= 0.6 is 0 Å². The Morgan fingerprint density at radius 3 is 2.66 bits per heavy atom. The second kappa shape index (κ2) is 7.09. The van der Waals surface area contributed by atoms with Crippen LogP contribution in [0.4, 0.5) is 0 Å². The predicted molar refractivity (Wildman–Crippen MR) is 112 cm³/mol. The number of aryl methyl sites for hydroxylation is 1. The highest BCUT2D eigenvalue weighted by Crippen LogP contribution is 2.62. The first-order chi connectivity index (χ1) is 13.9. The molecule has 158 valence electrons. The molecule has 0 aromatic heterocycles. The quantitative estimate of drug-likeness (QED) is 0.801. The van der Waals surface area contributed by atoms with E-state index in [2.05, 4.69) is 5.32 Å². The van der Waals surface area contributed by atoms with Gasteiger partial charge in [-0.15, -0.1) is 0 Å². The summed E-state index contributed by atoms with van der Waals surface area (Å²) in [4.78, 5) is 13.6. The Morgan fingerprint density at radius 1 is 1.10 bits per heavy atom. The van der Waals surface area contributed by atoms with Crippen molar-refractivity contribution in [1.29, 1.82) is 0 Å². The van der Waals surface area contributed by atoms with Gasteiger partial charge in [-0.3, -0.25) is 4.79 Å². The smallest absolute Gasteiger partial charge is 0.243 e. The molecule has 1 aromatic rings. The first-order valence-corrected chi connectivity index (χ1v) is 12.7. The topological polar surface area (TPSA) is 66.5 Å². The molecule has 5 nitrogen and oxygen atoms in total. The lowest BCUT2D eigenvalue weighted by Crippen LogP contribution is -2.49. The molecule has 5 atom stereocenters.